The zero-order valence-corrected chi connectivity index (χ0v) is 15.6. The number of halogens is 2. The van der Waals surface area contributed by atoms with E-state index in [9.17, 15) is 17.2 Å². The fourth-order valence-corrected chi connectivity index (χ4v) is 4.90. The van der Waals surface area contributed by atoms with Gasteiger partial charge in [-0.05, 0) is 29.3 Å². The topological polar surface area (TPSA) is 66.4 Å². The first kappa shape index (κ1) is 18.2. The van der Waals surface area contributed by atoms with Crippen molar-refractivity contribution in [2.75, 3.05) is 36.8 Å². The van der Waals surface area contributed by atoms with E-state index in [0.717, 1.165) is 36.0 Å². The van der Waals surface area contributed by atoms with Gasteiger partial charge in [0.2, 0.25) is 0 Å². The predicted molar refractivity (Wildman–Crippen MR) is 97.1 cm³/mol. The SMILES string of the molecule is O=S1(=O)CCc2nnc(N3CCN(Cc4ccc(F)c(F)c4)CC3)cc2C1. The van der Waals surface area contributed by atoms with Gasteiger partial charge in [-0.15, -0.1) is 5.10 Å². The van der Waals surface area contributed by atoms with E-state index in [1.807, 2.05) is 6.07 Å². The van der Waals surface area contributed by atoms with Crippen molar-refractivity contribution in [1.29, 1.82) is 0 Å². The van der Waals surface area contributed by atoms with E-state index in [-0.39, 0.29) is 11.5 Å². The van der Waals surface area contributed by atoms with Crippen molar-refractivity contribution >= 4 is 15.7 Å². The minimum Gasteiger partial charge on any atom is -0.353 e. The molecule has 1 aromatic carbocycles. The molecule has 144 valence electrons. The van der Waals surface area contributed by atoms with E-state index in [0.29, 0.717) is 31.9 Å². The molecule has 9 heteroatoms. The summed E-state index contributed by atoms with van der Waals surface area (Å²) in [6.07, 6.45) is 0.424. The molecule has 2 aliphatic rings. The Balaban J connectivity index is 1.40. The van der Waals surface area contributed by atoms with Crippen LogP contribution in [0.5, 0.6) is 0 Å². The third kappa shape index (κ3) is 4.08. The van der Waals surface area contributed by atoms with Crippen LogP contribution in [0.2, 0.25) is 0 Å². The number of hydrogen-bond donors (Lipinski definition) is 0. The number of piperazine rings is 1. The Hall–Kier alpha value is -2.13. The smallest absolute Gasteiger partial charge is 0.159 e. The van der Waals surface area contributed by atoms with Crippen LogP contribution in [-0.2, 0) is 28.6 Å². The first-order chi connectivity index (χ1) is 12.9. The maximum atomic E-state index is 13.3. The van der Waals surface area contributed by atoms with Gasteiger partial charge in [0, 0.05) is 39.1 Å². The molecule has 1 saturated heterocycles. The van der Waals surface area contributed by atoms with E-state index >= 15 is 0 Å². The van der Waals surface area contributed by atoms with Crippen LogP contribution in [-0.4, -0.2) is 55.4 Å². The van der Waals surface area contributed by atoms with Crippen LogP contribution in [0.1, 0.15) is 16.8 Å². The van der Waals surface area contributed by atoms with Crippen molar-refractivity contribution in [2.45, 2.75) is 18.7 Å². The molecular formula is C18H20F2N4O2S. The largest absolute Gasteiger partial charge is 0.353 e. The maximum absolute atomic E-state index is 13.3. The predicted octanol–water partition coefficient (Wildman–Crippen LogP) is 1.55. The van der Waals surface area contributed by atoms with Gasteiger partial charge in [-0.2, -0.15) is 5.10 Å². The second-order valence-corrected chi connectivity index (χ2v) is 9.21. The van der Waals surface area contributed by atoms with Crippen molar-refractivity contribution < 1.29 is 17.2 Å². The van der Waals surface area contributed by atoms with Crippen LogP contribution in [0.15, 0.2) is 24.3 Å². The van der Waals surface area contributed by atoms with Gasteiger partial charge in [0.05, 0.1) is 17.2 Å². The summed E-state index contributed by atoms with van der Waals surface area (Å²) >= 11 is 0. The molecule has 0 atom stereocenters. The molecule has 2 aliphatic heterocycles. The van der Waals surface area contributed by atoms with Crippen LogP contribution in [0, 0.1) is 11.6 Å². The van der Waals surface area contributed by atoms with Crippen LogP contribution < -0.4 is 4.90 Å². The highest BCUT2D eigenvalue weighted by Crippen LogP contribution is 2.23. The molecule has 0 spiro atoms. The van der Waals surface area contributed by atoms with Crippen LogP contribution >= 0.6 is 0 Å². The van der Waals surface area contributed by atoms with Crippen molar-refractivity contribution in [3.63, 3.8) is 0 Å². The number of benzene rings is 1. The third-order valence-electron chi connectivity index (χ3n) is 5.06. The molecule has 4 rings (SSSR count). The number of hydrogen-bond acceptors (Lipinski definition) is 6. The van der Waals surface area contributed by atoms with Crippen molar-refractivity contribution in [3.8, 4) is 0 Å². The van der Waals surface area contributed by atoms with Crippen molar-refractivity contribution in [1.82, 2.24) is 15.1 Å². The molecule has 6 nitrogen and oxygen atoms in total. The van der Waals surface area contributed by atoms with E-state index in [2.05, 4.69) is 20.0 Å². The Bertz CT molecular complexity index is 960. The average Bonchev–Trinajstić information content (AvgIpc) is 2.64. The van der Waals surface area contributed by atoms with E-state index in [1.54, 1.807) is 6.07 Å². The molecule has 0 saturated carbocycles. The lowest BCUT2D eigenvalue weighted by Gasteiger charge is -2.35. The first-order valence-corrected chi connectivity index (χ1v) is 10.7. The summed E-state index contributed by atoms with van der Waals surface area (Å²) in [6, 6.07) is 5.82. The standard InChI is InChI=1S/C18H20F2N4O2S/c19-15-2-1-13(9-16(15)20)11-23-4-6-24(7-5-23)18-10-14-12-27(25,26)8-3-17(14)21-22-18/h1-2,9-10H,3-8,11-12H2. The summed E-state index contributed by atoms with van der Waals surface area (Å²) in [7, 11) is -3.05. The molecule has 3 heterocycles. The van der Waals surface area contributed by atoms with Gasteiger partial charge < -0.3 is 4.90 Å². The fraction of sp³-hybridized carbons (Fsp3) is 0.444. The molecule has 0 unspecified atom stereocenters. The Labute approximate surface area is 156 Å². The quantitative estimate of drug-likeness (QED) is 0.787. The van der Waals surface area contributed by atoms with Gasteiger partial charge in [-0.1, -0.05) is 6.07 Å². The minimum atomic E-state index is -3.05. The third-order valence-corrected chi connectivity index (χ3v) is 6.64. The molecule has 0 N–H and O–H groups in total. The number of nitrogens with zero attached hydrogens (tertiary/aromatic N) is 4. The second kappa shape index (κ2) is 7.12. The monoisotopic (exact) mass is 394 g/mol. The molecule has 0 bridgehead atoms. The van der Waals surface area contributed by atoms with Crippen LogP contribution in [0.25, 0.3) is 0 Å². The summed E-state index contributed by atoms with van der Waals surface area (Å²) in [6.45, 7) is 3.47. The summed E-state index contributed by atoms with van der Waals surface area (Å²) < 4.78 is 50.1. The lowest BCUT2D eigenvalue weighted by Crippen LogP contribution is -2.46. The minimum absolute atomic E-state index is 0.0287. The highest BCUT2D eigenvalue weighted by atomic mass is 32.2. The Morgan fingerprint density at radius 3 is 2.52 bits per heavy atom. The highest BCUT2D eigenvalue weighted by molar-refractivity contribution is 7.90. The number of aromatic nitrogens is 2. The fourth-order valence-electron chi connectivity index (χ4n) is 3.53. The van der Waals surface area contributed by atoms with Gasteiger partial charge in [-0.25, -0.2) is 17.2 Å². The Kier molecular flexibility index (Phi) is 4.81. The summed E-state index contributed by atoms with van der Waals surface area (Å²) in [4.78, 5) is 4.25. The molecule has 27 heavy (non-hydrogen) atoms. The zero-order chi connectivity index (χ0) is 19.0. The number of aryl methyl sites for hydroxylation is 1. The molecule has 1 fully saturated rings. The zero-order valence-electron chi connectivity index (χ0n) is 14.7. The number of fused-ring (bicyclic) bond motifs is 1. The van der Waals surface area contributed by atoms with Crippen molar-refractivity contribution in [2.24, 2.45) is 0 Å². The lowest BCUT2D eigenvalue weighted by molar-refractivity contribution is 0.248. The number of sulfone groups is 1. The van der Waals surface area contributed by atoms with Gasteiger partial charge >= 0.3 is 0 Å². The average molecular weight is 394 g/mol. The second-order valence-electron chi connectivity index (χ2n) is 7.03. The molecule has 2 aromatic rings. The van der Waals surface area contributed by atoms with Gasteiger partial charge in [0.1, 0.15) is 0 Å². The Morgan fingerprint density at radius 2 is 1.78 bits per heavy atom. The van der Waals surface area contributed by atoms with Gasteiger partial charge in [0.25, 0.3) is 0 Å². The van der Waals surface area contributed by atoms with Gasteiger partial charge in [0.15, 0.2) is 27.3 Å². The molecule has 1 aromatic heterocycles. The Morgan fingerprint density at radius 1 is 1.00 bits per heavy atom. The van der Waals surface area contributed by atoms with E-state index in [4.69, 9.17) is 0 Å². The first-order valence-electron chi connectivity index (χ1n) is 8.87. The van der Waals surface area contributed by atoms with Crippen molar-refractivity contribution in [3.05, 3.63) is 52.7 Å². The van der Waals surface area contributed by atoms with E-state index < -0.39 is 21.5 Å². The summed E-state index contributed by atoms with van der Waals surface area (Å²) in [5.41, 5.74) is 2.25. The highest BCUT2D eigenvalue weighted by Gasteiger charge is 2.25. The number of anilines is 1. The summed E-state index contributed by atoms with van der Waals surface area (Å²) in [5.74, 6) is -0.808. The van der Waals surface area contributed by atoms with Crippen LogP contribution in [0.3, 0.4) is 0 Å². The molecule has 0 radical (unpaired) electrons. The molecule has 0 amide bonds. The normalized spacial score (nSPS) is 19.7. The molecular weight excluding hydrogens is 374 g/mol. The van der Waals surface area contributed by atoms with Crippen LogP contribution in [0.4, 0.5) is 14.6 Å². The number of rotatable bonds is 3. The maximum Gasteiger partial charge on any atom is 0.159 e. The molecule has 0 aliphatic carbocycles. The van der Waals surface area contributed by atoms with E-state index in [1.165, 1.54) is 6.07 Å². The van der Waals surface area contributed by atoms with Gasteiger partial charge in [-0.3, -0.25) is 4.90 Å². The summed E-state index contributed by atoms with van der Waals surface area (Å²) in [5, 5.41) is 8.48. The lowest BCUT2D eigenvalue weighted by atomic mass is 10.1.